The van der Waals surface area contributed by atoms with Crippen LogP contribution in [0.5, 0.6) is 0 Å². The summed E-state index contributed by atoms with van der Waals surface area (Å²) in [6.45, 7) is 6.91. The summed E-state index contributed by atoms with van der Waals surface area (Å²) < 4.78 is 0.719. The molecule has 2 aromatic rings. The number of rotatable bonds is 8. The molecule has 0 saturated heterocycles. The van der Waals surface area contributed by atoms with Crippen LogP contribution in [0.2, 0.25) is 0 Å². The van der Waals surface area contributed by atoms with Crippen molar-refractivity contribution in [3.05, 3.63) is 16.1 Å². The van der Waals surface area contributed by atoms with E-state index in [0.717, 1.165) is 21.7 Å². The highest BCUT2D eigenvalue weighted by molar-refractivity contribution is 8.01. The Morgan fingerprint density at radius 3 is 2.87 bits per heavy atom. The summed E-state index contributed by atoms with van der Waals surface area (Å²) >= 11 is 4.07. The van der Waals surface area contributed by atoms with Gasteiger partial charge in [-0.25, -0.2) is 4.98 Å². The van der Waals surface area contributed by atoms with Gasteiger partial charge in [0.2, 0.25) is 5.13 Å². The third-order valence-electron chi connectivity index (χ3n) is 2.74. The maximum Gasteiger partial charge on any atom is 0.206 e. The van der Waals surface area contributed by atoms with Gasteiger partial charge in [0.1, 0.15) is 5.01 Å². The fraction of sp³-hybridized carbons (Fsp3) is 0.500. The Bertz CT molecular complexity index is 703. The Morgan fingerprint density at radius 1 is 1.48 bits per heavy atom. The number of thioether (sulfide) groups is 1. The standard InChI is InChI=1S/C14H17N5OS3/c1-8(2)5-16-13-18-19-14(23-13)22-7-11(20)10(4-15)12-17-9(3)6-21-12/h6,8,10H,5,7H2,1-3H3,(H,16,18)/t10-/m0/s1. The Balaban J connectivity index is 1.90. The number of thiazole rings is 1. The Labute approximate surface area is 147 Å². The fourth-order valence-corrected chi connectivity index (χ4v) is 4.14. The van der Waals surface area contributed by atoms with E-state index in [1.807, 2.05) is 18.4 Å². The molecule has 0 radical (unpaired) electrons. The lowest BCUT2D eigenvalue weighted by Crippen LogP contribution is -2.13. The molecule has 0 spiro atoms. The minimum atomic E-state index is -0.798. The van der Waals surface area contributed by atoms with E-state index in [4.69, 9.17) is 0 Å². The molecule has 0 aliphatic carbocycles. The Kier molecular flexibility index (Phi) is 6.50. The second-order valence-electron chi connectivity index (χ2n) is 5.29. The number of carbonyl (C=O) groups is 1. The number of aryl methyl sites for hydroxylation is 1. The van der Waals surface area contributed by atoms with Crippen LogP contribution >= 0.6 is 34.4 Å². The first-order valence-corrected chi connectivity index (χ1v) is 9.72. The van der Waals surface area contributed by atoms with Gasteiger partial charge in [0, 0.05) is 17.6 Å². The van der Waals surface area contributed by atoms with Crippen molar-refractivity contribution in [2.75, 3.05) is 17.6 Å². The average Bonchev–Trinajstić information content (AvgIpc) is 3.13. The molecular formula is C14H17N5OS3. The quantitative estimate of drug-likeness (QED) is 0.715. The van der Waals surface area contributed by atoms with E-state index in [-0.39, 0.29) is 11.5 Å². The highest BCUT2D eigenvalue weighted by Gasteiger charge is 2.23. The van der Waals surface area contributed by atoms with Gasteiger partial charge in [-0.2, -0.15) is 5.26 Å². The molecule has 1 atom stereocenters. The van der Waals surface area contributed by atoms with Crippen LogP contribution in [0.4, 0.5) is 5.13 Å². The van der Waals surface area contributed by atoms with Gasteiger partial charge >= 0.3 is 0 Å². The predicted octanol–water partition coefficient (Wildman–Crippen LogP) is 3.34. The number of aromatic nitrogens is 3. The van der Waals surface area contributed by atoms with Crippen molar-refractivity contribution in [3.8, 4) is 6.07 Å². The molecule has 2 heterocycles. The third kappa shape index (κ3) is 5.27. The number of hydrogen-bond acceptors (Lipinski definition) is 9. The van der Waals surface area contributed by atoms with E-state index in [1.54, 1.807) is 0 Å². The molecule has 1 N–H and O–H groups in total. The first kappa shape index (κ1) is 17.8. The molecule has 2 rings (SSSR count). The number of nitrogens with zero attached hydrogens (tertiary/aromatic N) is 4. The van der Waals surface area contributed by atoms with E-state index in [2.05, 4.69) is 34.3 Å². The summed E-state index contributed by atoms with van der Waals surface area (Å²) in [6.07, 6.45) is 0. The van der Waals surface area contributed by atoms with E-state index in [1.165, 1.54) is 34.4 Å². The van der Waals surface area contributed by atoms with Gasteiger partial charge in [0.25, 0.3) is 0 Å². The molecule has 0 aromatic carbocycles. The summed E-state index contributed by atoms with van der Waals surface area (Å²) in [4.78, 5) is 16.5. The first-order chi connectivity index (χ1) is 11.0. The molecule has 0 saturated carbocycles. The molecular weight excluding hydrogens is 350 g/mol. The number of anilines is 1. The van der Waals surface area contributed by atoms with Crippen LogP contribution in [0.15, 0.2) is 9.72 Å². The lowest BCUT2D eigenvalue weighted by Gasteiger charge is -2.04. The van der Waals surface area contributed by atoms with Crippen LogP contribution in [0.3, 0.4) is 0 Å². The zero-order chi connectivity index (χ0) is 16.8. The number of Topliss-reactive ketones (excluding diaryl/α,β-unsaturated/α-hetero) is 1. The molecule has 0 unspecified atom stereocenters. The third-order valence-corrected chi connectivity index (χ3v) is 5.80. The molecule has 0 fully saturated rings. The summed E-state index contributed by atoms with van der Waals surface area (Å²) in [7, 11) is 0. The normalized spacial score (nSPS) is 12.1. The largest absolute Gasteiger partial charge is 0.360 e. The lowest BCUT2D eigenvalue weighted by atomic mass is 10.1. The smallest absolute Gasteiger partial charge is 0.206 e. The van der Waals surface area contributed by atoms with Gasteiger partial charge < -0.3 is 5.32 Å². The number of hydrogen-bond donors (Lipinski definition) is 1. The monoisotopic (exact) mass is 367 g/mol. The van der Waals surface area contributed by atoms with E-state index in [0.29, 0.717) is 10.9 Å². The second kappa shape index (κ2) is 8.38. The Hall–Kier alpha value is -1.50. The van der Waals surface area contributed by atoms with Crippen molar-refractivity contribution < 1.29 is 4.79 Å². The van der Waals surface area contributed by atoms with E-state index < -0.39 is 5.92 Å². The number of ketones is 1. The number of carbonyl (C=O) groups excluding carboxylic acids is 1. The zero-order valence-electron chi connectivity index (χ0n) is 13.1. The van der Waals surface area contributed by atoms with Crippen molar-refractivity contribution >= 4 is 45.4 Å². The summed E-state index contributed by atoms with van der Waals surface area (Å²) in [6, 6.07) is 2.05. The van der Waals surface area contributed by atoms with E-state index >= 15 is 0 Å². The SMILES string of the molecule is Cc1csc([C@@H](C#N)C(=O)CSc2nnc(NCC(C)C)s2)n1. The van der Waals surface area contributed by atoms with Gasteiger partial charge in [0.05, 0.1) is 11.8 Å². The topological polar surface area (TPSA) is 91.6 Å². The Morgan fingerprint density at radius 2 is 2.26 bits per heavy atom. The molecule has 0 aliphatic heterocycles. The molecule has 6 nitrogen and oxygen atoms in total. The highest BCUT2D eigenvalue weighted by atomic mass is 32.2. The van der Waals surface area contributed by atoms with Gasteiger partial charge in [-0.3, -0.25) is 4.79 Å². The van der Waals surface area contributed by atoms with E-state index in [9.17, 15) is 10.1 Å². The molecule has 9 heteroatoms. The van der Waals surface area contributed by atoms with Crippen molar-refractivity contribution in [1.82, 2.24) is 15.2 Å². The van der Waals surface area contributed by atoms with Gasteiger partial charge in [-0.15, -0.1) is 21.5 Å². The maximum absolute atomic E-state index is 12.2. The highest BCUT2D eigenvalue weighted by Crippen LogP contribution is 2.28. The lowest BCUT2D eigenvalue weighted by molar-refractivity contribution is -0.116. The van der Waals surface area contributed by atoms with Crippen LogP contribution < -0.4 is 5.32 Å². The minimum Gasteiger partial charge on any atom is -0.360 e. The predicted molar refractivity (Wildman–Crippen MR) is 94.2 cm³/mol. The fourth-order valence-electron chi connectivity index (χ4n) is 1.62. The van der Waals surface area contributed by atoms with Gasteiger partial charge in [0.15, 0.2) is 16.0 Å². The molecule has 2 aromatic heterocycles. The first-order valence-electron chi connectivity index (χ1n) is 7.04. The van der Waals surface area contributed by atoms with Gasteiger partial charge in [-0.05, 0) is 12.8 Å². The van der Waals surface area contributed by atoms with Crippen molar-refractivity contribution in [3.63, 3.8) is 0 Å². The molecule has 0 aliphatic rings. The second-order valence-corrected chi connectivity index (χ2v) is 8.38. The van der Waals surface area contributed by atoms with Crippen molar-refractivity contribution in [2.24, 2.45) is 5.92 Å². The van der Waals surface area contributed by atoms with Crippen molar-refractivity contribution in [2.45, 2.75) is 31.0 Å². The van der Waals surface area contributed by atoms with Crippen LogP contribution in [0.25, 0.3) is 0 Å². The molecule has 23 heavy (non-hydrogen) atoms. The molecule has 122 valence electrons. The molecule has 0 amide bonds. The van der Waals surface area contributed by atoms with Gasteiger partial charge in [-0.1, -0.05) is 36.9 Å². The summed E-state index contributed by atoms with van der Waals surface area (Å²) in [5.74, 6) is -0.239. The number of nitrogens with one attached hydrogen (secondary N) is 1. The summed E-state index contributed by atoms with van der Waals surface area (Å²) in [5.41, 5.74) is 0.829. The summed E-state index contributed by atoms with van der Waals surface area (Å²) in [5, 5.41) is 23.7. The average molecular weight is 368 g/mol. The maximum atomic E-state index is 12.2. The van der Waals surface area contributed by atoms with Crippen LogP contribution in [0, 0.1) is 24.2 Å². The van der Waals surface area contributed by atoms with Crippen LogP contribution in [0.1, 0.15) is 30.5 Å². The zero-order valence-corrected chi connectivity index (χ0v) is 15.5. The number of nitriles is 1. The van der Waals surface area contributed by atoms with Crippen molar-refractivity contribution in [1.29, 1.82) is 5.26 Å². The minimum absolute atomic E-state index is 0.154. The molecule has 0 bridgehead atoms. The van der Waals surface area contributed by atoms with Crippen LogP contribution in [-0.2, 0) is 4.79 Å². The van der Waals surface area contributed by atoms with Crippen LogP contribution in [-0.4, -0.2) is 33.3 Å².